The number of halogens is 1. The number of rotatable bonds is 3. The van der Waals surface area contributed by atoms with Crippen LogP contribution in [0.15, 0.2) is 30.4 Å². The van der Waals surface area contributed by atoms with Crippen LogP contribution < -0.4 is 4.90 Å². The van der Waals surface area contributed by atoms with Gasteiger partial charge in [0.1, 0.15) is 5.60 Å². The van der Waals surface area contributed by atoms with Crippen LogP contribution in [-0.2, 0) is 14.3 Å². The molecule has 4 rings (SSSR count). The van der Waals surface area contributed by atoms with E-state index in [2.05, 4.69) is 0 Å². The lowest BCUT2D eigenvalue weighted by Crippen LogP contribution is -2.43. The van der Waals surface area contributed by atoms with Crippen LogP contribution in [0, 0.1) is 22.0 Å². The van der Waals surface area contributed by atoms with Crippen molar-refractivity contribution in [3.05, 3.63) is 45.5 Å². The van der Waals surface area contributed by atoms with E-state index in [1.54, 1.807) is 19.1 Å². The molecule has 2 fully saturated rings. The molecule has 9 heteroatoms. The minimum atomic E-state index is -1.26. The van der Waals surface area contributed by atoms with Gasteiger partial charge in [0.2, 0.25) is 11.8 Å². The first-order valence-electron chi connectivity index (χ1n) is 7.57. The van der Waals surface area contributed by atoms with Gasteiger partial charge in [0.25, 0.3) is 5.69 Å². The Hall–Kier alpha value is -2.29. The molecule has 3 heterocycles. The summed E-state index contributed by atoms with van der Waals surface area (Å²) in [6.07, 6.45) is 3.28. The van der Waals surface area contributed by atoms with Gasteiger partial charge in [-0.3, -0.25) is 19.7 Å². The van der Waals surface area contributed by atoms with Gasteiger partial charge >= 0.3 is 0 Å². The lowest BCUT2D eigenvalue weighted by Gasteiger charge is -2.27. The van der Waals surface area contributed by atoms with Crippen molar-refractivity contribution in [3.63, 3.8) is 0 Å². The topological polar surface area (TPSA) is 110 Å². The summed E-state index contributed by atoms with van der Waals surface area (Å²) in [4.78, 5) is 37.2. The Labute approximate surface area is 146 Å². The van der Waals surface area contributed by atoms with Gasteiger partial charge in [-0.1, -0.05) is 23.8 Å². The minimum Gasteiger partial charge on any atom is -0.393 e. The molecule has 0 saturated carbocycles. The van der Waals surface area contributed by atoms with Gasteiger partial charge in [0, 0.05) is 12.1 Å². The zero-order valence-corrected chi connectivity index (χ0v) is 13.8. The molecule has 25 heavy (non-hydrogen) atoms. The third-order valence-electron chi connectivity index (χ3n) is 5.19. The third kappa shape index (κ3) is 1.90. The molecular weight excluding hydrogens is 352 g/mol. The predicted octanol–water partition coefficient (Wildman–Crippen LogP) is 1.44. The molecule has 1 aromatic carbocycles. The van der Waals surface area contributed by atoms with Gasteiger partial charge in [-0.05, 0) is 13.0 Å². The molecule has 0 aromatic heterocycles. The number of fused-ring (bicyclic) bond motifs is 5. The summed E-state index contributed by atoms with van der Waals surface area (Å²) < 4.78 is 5.81. The summed E-state index contributed by atoms with van der Waals surface area (Å²) in [5.41, 5.74) is -2.58. The molecule has 0 radical (unpaired) electrons. The average Bonchev–Trinajstić information content (AvgIpc) is 3.14. The fourth-order valence-electron chi connectivity index (χ4n) is 4.06. The number of nitro groups is 1. The first-order valence-corrected chi connectivity index (χ1v) is 7.95. The Bertz CT molecular complexity index is 870. The zero-order chi connectivity index (χ0) is 18.1. The number of hydrogen-bond donors (Lipinski definition) is 1. The van der Waals surface area contributed by atoms with Crippen LogP contribution in [-0.4, -0.2) is 39.7 Å². The lowest BCUT2D eigenvalue weighted by molar-refractivity contribution is -0.384. The molecule has 2 amide bonds. The first kappa shape index (κ1) is 16.2. The van der Waals surface area contributed by atoms with Gasteiger partial charge in [0.05, 0.1) is 39.7 Å². The summed E-state index contributed by atoms with van der Waals surface area (Å²) in [7, 11) is 0. The number of aliphatic hydroxyl groups excluding tert-OH is 1. The molecule has 1 aromatic rings. The smallest absolute Gasteiger partial charge is 0.271 e. The Balaban J connectivity index is 1.83. The number of carbonyl (C=O) groups is 2. The van der Waals surface area contributed by atoms with E-state index in [0.717, 1.165) is 11.0 Å². The van der Waals surface area contributed by atoms with Crippen molar-refractivity contribution in [1.29, 1.82) is 0 Å². The highest BCUT2D eigenvalue weighted by atomic mass is 35.5. The van der Waals surface area contributed by atoms with Crippen molar-refractivity contribution in [2.24, 2.45) is 11.8 Å². The summed E-state index contributed by atoms with van der Waals surface area (Å²) in [6.45, 7) is 1.23. The number of amides is 2. The van der Waals surface area contributed by atoms with E-state index in [4.69, 9.17) is 16.3 Å². The van der Waals surface area contributed by atoms with Gasteiger partial charge in [-0.25, -0.2) is 4.90 Å². The Morgan fingerprint density at radius 1 is 1.32 bits per heavy atom. The molecule has 3 aliphatic rings. The van der Waals surface area contributed by atoms with Crippen LogP contribution in [0.25, 0.3) is 0 Å². The van der Waals surface area contributed by atoms with Crippen molar-refractivity contribution in [2.75, 3.05) is 11.5 Å². The highest BCUT2D eigenvalue weighted by Crippen LogP contribution is 2.57. The van der Waals surface area contributed by atoms with Crippen LogP contribution >= 0.6 is 11.6 Å². The van der Waals surface area contributed by atoms with Crippen LogP contribution in [0.2, 0.25) is 5.02 Å². The SMILES string of the molecule is C[C@@]12C=C[C@@](CO)(O1)[C@@H]1C(=O)N(c3cc([N+](=O)[O-])ccc3Cl)C(=O)[C@@H]12. The predicted molar refractivity (Wildman–Crippen MR) is 86.0 cm³/mol. The van der Waals surface area contributed by atoms with E-state index < -0.39 is 46.4 Å². The van der Waals surface area contributed by atoms with E-state index in [-0.39, 0.29) is 16.4 Å². The quantitative estimate of drug-likeness (QED) is 0.376. The standard InChI is InChI=1S/C16H13ClN2O6/c1-15-4-5-16(7-20,25-15)12-11(15)13(21)18(14(12)22)10-6-8(19(23)24)2-3-9(10)17/h2-6,11-12,20H,7H2,1H3/t11-,12+,15+,16+/m1/s1. The van der Waals surface area contributed by atoms with Crippen LogP contribution in [0.1, 0.15) is 6.92 Å². The van der Waals surface area contributed by atoms with Gasteiger partial charge < -0.3 is 9.84 Å². The summed E-state index contributed by atoms with van der Waals surface area (Å²) in [6, 6.07) is 3.57. The van der Waals surface area contributed by atoms with Crippen molar-refractivity contribution in [1.82, 2.24) is 0 Å². The molecule has 2 saturated heterocycles. The number of nitrogens with zero attached hydrogens (tertiary/aromatic N) is 2. The van der Waals surface area contributed by atoms with Crippen molar-refractivity contribution >= 4 is 34.8 Å². The van der Waals surface area contributed by atoms with E-state index in [0.29, 0.717) is 0 Å². The summed E-state index contributed by atoms with van der Waals surface area (Å²) in [5, 5.41) is 20.8. The lowest BCUT2D eigenvalue weighted by atomic mass is 9.73. The Kier molecular flexibility index (Phi) is 3.16. The second-order valence-corrected chi connectivity index (χ2v) is 7.00. The maximum Gasteiger partial charge on any atom is 0.271 e. The monoisotopic (exact) mass is 364 g/mol. The van der Waals surface area contributed by atoms with E-state index in [9.17, 15) is 24.8 Å². The number of aliphatic hydroxyl groups is 1. The van der Waals surface area contributed by atoms with E-state index in [1.807, 2.05) is 0 Å². The summed E-state index contributed by atoms with van der Waals surface area (Å²) in [5.74, 6) is -2.83. The average molecular weight is 365 g/mol. The third-order valence-corrected chi connectivity index (χ3v) is 5.50. The van der Waals surface area contributed by atoms with Crippen molar-refractivity contribution in [3.8, 4) is 0 Å². The number of anilines is 1. The molecule has 130 valence electrons. The van der Waals surface area contributed by atoms with Gasteiger partial charge in [-0.2, -0.15) is 0 Å². The second-order valence-electron chi connectivity index (χ2n) is 6.59. The molecule has 3 aliphatic heterocycles. The first-order chi connectivity index (χ1) is 11.7. The Morgan fingerprint density at radius 2 is 2.00 bits per heavy atom. The van der Waals surface area contributed by atoms with Crippen LogP contribution in [0.5, 0.6) is 0 Å². The van der Waals surface area contributed by atoms with E-state index in [1.165, 1.54) is 12.1 Å². The number of ether oxygens (including phenoxy) is 1. The van der Waals surface area contributed by atoms with Crippen LogP contribution in [0.3, 0.4) is 0 Å². The molecule has 2 bridgehead atoms. The molecule has 0 unspecified atom stereocenters. The molecule has 0 aliphatic carbocycles. The minimum absolute atomic E-state index is 0.0312. The Morgan fingerprint density at radius 3 is 2.64 bits per heavy atom. The maximum absolute atomic E-state index is 13.0. The number of benzene rings is 1. The number of non-ortho nitro benzene ring substituents is 1. The molecule has 8 nitrogen and oxygen atoms in total. The zero-order valence-electron chi connectivity index (χ0n) is 13.0. The fourth-order valence-corrected chi connectivity index (χ4v) is 4.27. The number of carbonyl (C=O) groups excluding carboxylic acids is 2. The fraction of sp³-hybridized carbons (Fsp3) is 0.375. The normalized spacial score (nSPS) is 35.6. The number of hydrogen-bond acceptors (Lipinski definition) is 6. The maximum atomic E-state index is 13.0. The molecule has 1 N–H and O–H groups in total. The van der Waals surface area contributed by atoms with Gasteiger partial charge in [-0.15, -0.1) is 0 Å². The molecular formula is C16H13ClN2O6. The largest absolute Gasteiger partial charge is 0.393 e. The number of nitro benzene ring substituents is 1. The highest BCUT2D eigenvalue weighted by molar-refractivity contribution is 6.36. The van der Waals surface area contributed by atoms with Gasteiger partial charge in [0.15, 0.2) is 0 Å². The van der Waals surface area contributed by atoms with Crippen molar-refractivity contribution in [2.45, 2.75) is 18.1 Å². The summed E-state index contributed by atoms with van der Waals surface area (Å²) >= 11 is 6.09. The highest BCUT2D eigenvalue weighted by Gasteiger charge is 2.72. The van der Waals surface area contributed by atoms with E-state index >= 15 is 0 Å². The second kappa shape index (κ2) is 4.87. The molecule has 0 spiro atoms. The molecule has 4 atom stereocenters. The number of imide groups is 1. The van der Waals surface area contributed by atoms with Crippen molar-refractivity contribution < 1.29 is 24.4 Å². The van der Waals surface area contributed by atoms with Crippen LogP contribution in [0.4, 0.5) is 11.4 Å².